The second-order valence-corrected chi connectivity index (χ2v) is 4.21. The maximum atomic E-state index is 5.33. The first-order valence-corrected chi connectivity index (χ1v) is 6.21. The van der Waals surface area contributed by atoms with Crippen molar-refractivity contribution in [3.05, 3.63) is 11.8 Å². The molecule has 6 nitrogen and oxygen atoms in total. The molecule has 6 heteroatoms. The van der Waals surface area contributed by atoms with Gasteiger partial charge < -0.3 is 19.7 Å². The van der Waals surface area contributed by atoms with Crippen molar-refractivity contribution in [3.63, 3.8) is 0 Å². The number of morpholine rings is 1. The summed E-state index contributed by atoms with van der Waals surface area (Å²) in [6.45, 7) is 6.56. The van der Waals surface area contributed by atoms with Gasteiger partial charge in [0.2, 0.25) is 5.95 Å². The van der Waals surface area contributed by atoms with Gasteiger partial charge in [-0.2, -0.15) is 4.98 Å². The van der Waals surface area contributed by atoms with Crippen LogP contribution in [0.3, 0.4) is 0 Å². The number of nitrogens with one attached hydrogen (secondary N) is 1. The molecule has 0 spiro atoms. The molecule has 0 aromatic carbocycles. The summed E-state index contributed by atoms with van der Waals surface area (Å²) in [5, 5.41) is 3.23. The second-order valence-electron chi connectivity index (χ2n) is 4.21. The number of methoxy groups -OCH3 is 1. The van der Waals surface area contributed by atoms with Crippen LogP contribution < -0.4 is 10.2 Å². The van der Waals surface area contributed by atoms with Gasteiger partial charge in [-0.05, 0) is 6.92 Å². The summed E-state index contributed by atoms with van der Waals surface area (Å²) >= 11 is 0. The van der Waals surface area contributed by atoms with Gasteiger partial charge in [-0.15, -0.1) is 0 Å². The fourth-order valence-corrected chi connectivity index (χ4v) is 1.83. The van der Waals surface area contributed by atoms with E-state index in [4.69, 9.17) is 9.47 Å². The van der Waals surface area contributed by atoms with Gasteiger partial charge in [-0.3, -0.25) is 0 Å². The molecule has 18 heavy (non-hydrogen) atoms. The van der Waals surface area contributed by atoms with E-state index in [9.17, 15) is 0 Å². The Bertz CT molecular complexity index is 380. The number of anilines is 2. The Morgan fingerprint density at radius 1 is 1.39 bits per heavy atom. The summed E-state index contributed by atoms with van der Waals surface area (Å²) in [5.41, 5.74) is 0.964. The van der Waals surface area contributed by atoms with Crippen LogP contribution in [0.25, 0.3) is 0 Å². The van der Waals surface area contributed by atoms with E-state index >= 15 is 0 Å². The Balaban J connectivity index is 2.05. The highest BCUT2D eigenvalue weighted by Gasteiger charge is 2.14. The van der Waals surface area contributed by atoms with E-state index in [0.29, 0.717) is 6.61 Å². The highest BCUT2D eigenvalue weighted by atomic mass is 16.5. The summed E-state index contributed by atoms with van der Waals surface area (Å²) in [6, 6.07) is 1.94. The number of rotatable bonds is 5. The van der Waals surface area contributed by atoms with Crippen LogP contribution in [0.2, 0.25) is 0 Å². The molecule has 0 unspecified atom stereocenters. The SMILES string of the molecule is COCCNc1cc(C)nc(N2CCOCC2)n1. The van der Waals surface area contributed by atoms with Crippen molar-refractivity contribution in [2.24, 2.45) is 0 Å². The first kappa shape index (κ1) is 13.0. The van der Waals surface area contributed by atoms with Gasteiger partial charge in [0.1, 0.15) is 5.82 Å². The van der Waals surface area contributed by atoms with Crippen molar-refractivity contribution in [2.75, 3.05) is 56.8 Å². The minimum Gasteiger partial charge on any atom is -0.383 e. The van der Waals surface area contributed by atoms with Gasteiger partial charge >= 0.3 is 0 Å². The smallest absolute Gasteiger partial charge is 0.227 e. The van der Waals surface area contributed by atoms with Gasteiger partial charge in [0.15, 0.2) is 0 Å². The molecule has 2 heterocycles. The molecule has 1 fully saturated rings. The van der Waals surface area contributed by atoms with Crippen LogP contribution in [0, 0.1) is 6.92 Å². The third-order valence-electron chi connectivity index (χ3n) is 2.75. The monoisotopic (exact) mass is 252 g/mol. The molecule has 0 bridgehead atoms. The number of ether oxygens (including phenoxy) is 2. The Hall–Kier alpha value is -1.40. The molecule has 1 saturated heterocycles. The Morgan fingerprint density at radius 2 is 2.17 bits per heavy atom. The zero-order chi connectivity index (χ0) is 12.8. The summed E-state index contributed by atoms with van der Waals surface area (Å²) in [4.78, 5) is 11.1. The van der Waals surface area contributed by atoms with Crippen molar-refractivity contribution >= 4 is 11.8 Å². The van der Waals surface area contributed by atoms with Crippen LogP contribution in [0.1, 0.15) is 5.69 Å². The largest absolute Gasteiger partial charge is 0.383 e. The van der Waals surface area contributed by atoms with Gasteiger partial charge in [0, 0.05) is 38.5 Å². The van der Waals surface area contributed by atoms with Gasteiger partial charge in [-0.1, -0.05) is 0 Å². The molecule has 0 atom stereocenters. The minimum absolute atomic E-state index is 0.663. The fraction of sp³-hybridized carbons (Fsp3) is 0.667. The molecule has 2 rings (SSSR count). The van der Waals surface area contributed by atoms with Crippen molar-refractivity contribution in [3.8, 4) is 0 Å². The molecule has 1 aliphatic rings. The van der Waals surface area contributed by atoms with Crippen molar-refractivity contribution < 1.29 is 9.47 Å². The Kier molecular flexibility index (Phi) is 4.72. The van der Waals surface area contributed by atoms with Crippen LogP contribution in [-0.2, 0) is 9.47 Å². The summed E-state index contributed by atoms with van der Waals surface area (Å²) in [5.74, 6) is 1.62. The molecule has 1 N–H and O–H groups in total. The van der Waals surface area contributed by atoms with Crippen LogP contribution >= 0.6 is 0 Å². The Labute approximate surface area is 107 Å². The van der Waals surface area contributed by atoms with Gasteiger partial charge in [0.25, 0.3) is 0 Å². The number of nitrogens with zero attached hydrogens (tertiary/aromatic N) is 3. The molecule has 0 amide bonds. The topological polar surface area (TPSA) is 59.5 Å². The first-order valence-electron chi connectivity index (χ1n) is 6.21. The van der Waals surface area contributed by atoms with E-state index in [0.717, 1.165) is 50.3 Å². The lowest BCUT2D eigenvalue weighted by Gasteiger charge is -2.27. The number of aryl methyl sites for hydroxylation is 1. The molecule has 1 aliphatic heterocycles. The first-order chi connectivity index (χ1) is 8.79. The van der Waals surface area contributed by atoms with Crippen molar-refractivity contribution in [1.82, 2.24) is 9.97 Å². The molecular formula is C12H20N4O2. The molecule has 0 radical (unpaired) electrons. The number of hydrogen-bond acceptors (Lipinski definition) is 6. The van der Waals surface area contributed by atoms with Crippen LogP contribution in [0.15, 0.2) is 6.07 Å². The van der Waals surface area contributed by atoms with E-state index in [-0.39, 0.29) is 0 Å². The molecule has 100 valence electrons. The van der Waals surface area contributed by atoms with Crippen LogP contribution in [-0.4, -0.2) is 56.5 Å². The average Bonchev–Trinajstić information content (AvgIpc) is 2.39. The van der Waals surface area contributed by atoms with E-state index in [1.54, 1.807) is 7.11 Å². The van der Waals surface area contributed by atoms with E-state index in [1.165, 1.54) is 0 Å². The molecular weight excluding hydrogens is 232 g/mol. The molecule has 0 saturated carbocycles. The van der Waals surface area contributed by atoms with Gasteiger partial charge in [-0.25, -0.2) is 4.98 Å². The molecule has 0 aliphatic carbocycles. The molecule has 1 aromatic rings. The van der Waals surface area contributed by atoms with Crippen molar-refractivity contribution in [1.29, 1.82) is 0 Å². The average molecular weight is 252 g/mol. The normalized spacial score (nSPS) is 15.8. The predicted octanol–water partition coefficient (Wildman–Crippen LogP) is 0.680. The van der Waals surface area contributed by atoms with E-state index in [1.807, 2.05) is 13.0 Å². The minimum atomic E-state index is 0.663. The van der Waals surface area contributed by atoms with E-state index in [2.05, 4.69) is 20.2 Å². The Morgan fingerprint density at radius 3 is 2.89 bits per heavy atom. The zero-order valence-corrected chi connectivity index (χ0v) is 11.0. The zero-order valence-electron chi connectivity index (χ0n) is 11.0. The quantitative estimate of drug-likeness (QED) is 0.778. The van der Waals surface area contributed by atoms with Crippen LogP contribution in [0.4, 0.5) is 11.8 Å². The standard InChI is InChI=1S/C12H20N4O2/c1-10-9-11(13-3-6-17-2)15-12(14-10)16-4-7-18-8-5-16/h9H,3-8H2,1-2H3,(H,13,14,15). The summed E-state index contributed by atoms with van der Waals surface area (Å²) in [7, 11) is 1.69. The maximum absolute atomic E-state index is 5.33. The lowest BCUT2D eigenvalue weighted by molar-refractivity contribution is 0.122. The second kappa shape index (κ2) is 6.51. The third kappa shape index (κ3) is 3.54. The summed E-state index contributed by atoms with van der Waals surface area (Å²) < 4.78 is 10.3. The van der Waals surface area contributed by atoms with Crippen molar-refractivity contribution in [2.45, 2.75) is 6.92 Å². The lowest BCUT2D eigenvalue weighted by Crippen LogP contribution is -2.37. The predicted molar refractivity (Wildman–Crippen MR) is 70.2 cm³/mol. The fourth-order valence-electron chi connectivity index (χ4n) is 1.83. The van der Waals surface area contributed by atoms with Gasteiger partial charge in [0.05, 0.1) is 19.8 Å². The highest BCUT2D eigenvalue weighted by molar-refractivity contribution is 5.43. The van der Waals surface area contributed by atoms with Crippen LogP contribution in [0.5, 0.6) is 0 Å². The maximum Gasteiger partial charge on any atom is 0.227 e. The number of hydrogen-bond donors (Lipinski definition) is 1. The lowest BCUT2D eigenvalue weighted by atomic mass is 10.4. The molecule has 1 aromatic heterocycles. The number of aromatic nitrogens is 2. The van der Waals surface area contributed by atoms with E-state index < -0.39 is 0 Å². The highest BCUT2D eigenvalue weighted by Crippen LogP contribution is 2.14. The summed E-state index contributed by atoms with van der Waals surface area (Å²) in [6.07, 6.45) is 0. The third-order valence-corrected chi connectivity index (χ3v) is 2.75.